The zero-order chi connectivity index (χ0) is 21.3. The predicted octanol–water partition coefficient (Wildman–Crippen LogP) is 5.39. The number of aryl methyl sites for hydroxylation is 2. The molecule has 7 heteroatoms. The van der Waals surface area contributed by atoms with Crippen molar-refractivity contribution in [3.8, 4) is 17.1 Å². The molecule has 0 saturated heterocycles. The smallest absolute Gasteiger partial charge is 0.217 e. The molecule has 6 nitrogen and oxygen atoms in total. The van der Waals surface area contributed by atoms with Gasteiger partial charge in [0.15, 0.2) is 0 Å². The van der Waals surface area contributed by atoms with Crippen LogP contribution in [0, 0.1) is 12.8 Å². The quantitative estimate of drug-likeness (QED) is 0.494. The Morgan fingerprint density at radius 2 is 2.03 bits per heavy atom. The van der Waals surface area contributed by atoms with Crippen LogP contribution in [0.1, 0.15) is 51.8 Å². The Balaban J connectivity index is 1.71. The van der Waals surface area contributed by atoms with Crippen LogP contribution in [0.5, 0.6) is 5.88 Å². The summed E-state index contributed by atoms with van der Waals surface area (Å²) in [5.41, 5.74) is 2.56. The molecule has 1 saturated carbocycles. The van der Waals surface area contributed by atoms with E-state index >= 15 is 0 Å². The lowest BCUT2D eigenvalue weighted by Crippen LogP contribution is -2.23. The third kappa shape index (κ3) is 4.48. The first kappa shape index (κ1) is 20.8. The van der Waals surface area contributed by atoms with Crippen molar-refractivity contribution in [1.29, 1.82) is 0 Å². The van der Waals surface area contributed by atoms with Gasteiger partial charge in [-0.25, -0.2) is 9.97 Å². The number of aromatic nitrogens is 4. The first-order valence-electron chi connectivity index (χ1n) is 10.6. The maximum atomic E-state index is 11.5. The van der Waals surface area contributed by atoms with Crippen LogP contribution < -0.4 is 4.74 Å². The van der Waals surface area contributed by atoms with Gasteiger partial charge in [0.05, 0.1) is 11.2 Å². The zero-order valence-corrected chi connectivity index (χ0v) is 18.4. The topological polar surface area (TPSA) is 69.9 Å². The fourth-order valence-electron chi connectivity index (χ4n) is 4.12. The molecule has 0 bridgehead atoms. The van der Waals surface area contributed by atoms with Crippen molar-refractivity contribution in [2.24, 2.45) is 5.92 Å². The maximum absolute atomic E-state index is 11.5. The monoisotopic (exact) mass is 426 g/mol. The van der Waals surface area contributed by atoms with E-state index in [4.69, 9.17) is 16.3 Å². The molecule has 0 amide bonds. The highest BCUT2D eigenvalue weighted by Gasteiger charge is 2.21. The van der Waals surface area contributed by atoms with Crippen LogP contribution in [0.2, 0.25) is 5.15 Å². The molecule has 0 atom stereocenters. The van der Waals surface area contributed by atoms with Crippen LogP contribution in [0.4, 0.5) is 0 Å². The Labute approximate surface area is 181 Å². The van der Waals surface area contributed by atoms with Crippen molar-refractivity contribution in [1.82, 2.24) is 19.5 Å². The van der Waals surface area contributed by atoms with Gasteiger partial charge in [0, 0.05) is 42.4 Å². The number of hydrogen-bond acceptors (Lipinski definition) is 5. The lowest BCUT2D eigenvalue weighted by Gasteiger charge is -2.26. The first-order valence-corrected chi connectivity index (χ1v) is 10.9. The fourth-order valence-corrected chi connectivity index (χ4v) is 4.37. The molecule has 0 aliphatic heterocycles. The Morgan fingerprint density at radius 1 is 1.27 bits per heavy atom. The number of ketones is 1. The van der Waals surface area contributed by atoms with Crippen molar-refractivity contribution in [3.63, 3.8) is 0 Å². The van der Waals surface area contributed by atoms with Gasteiger partial charge in [-0.05, 0) is 51.5 Å². The van der Waals surface area contributed by atoms with E-state index in [2.05, 4.69) is 21.9 Å². The molecule has 0 unspecified atom stereocenters. The van der Waals surface area contributed by atoms with Crippen molar-refractivity contribution in [2.45, 2.75) is 65.5 Å². The molecule has 30 heavy (non-hydrogen) atoms. The Kier molecular flexibility index (Phi) is 6.04. The van der Waals surface area contributed by atoms with E-state index in [-0.39, 0.29) is 11.9 Å². The third-order valence-corrected chi connectivity index (χ3v) is 6.08. The highest BCUT2D eigenvalue weighted by atomic mass is 35.5. The normalized spacial score (nSPS) is 19.2. The minimum absolute atomic E-state index is 0.147. The summed E-state index contributed by atoms with van der Waals surface area (Å²) < 4.78 is 8.27. The second kappa shape index (κ2) is 8.72. The van der Waals surface area contributed by atoms with Crippen LogP contribution in [0.15, 0.2) is 24.5 Å². The standard InChI is InChI=1S/C23H27ClN4O2/c1-14-4-6-17(7-5-14)30-21-12-19(26-16(3)27-21)18-13-28(11-9-15(2)29)20-8-10-25-23(24)22(18)20/h8,10,12-14,17H,4-7,9,11H2,1-3H3. The Hall–Kier alpha value is -2.47. The van der Waals surface area contributed by atoms with Crippen molar-refractivity contribution >= 4 is 28.3 Å². The Bertz CT molecular complexity index is 1070. The molecule has 1 aliphatic carbocycles. The molecule has 0 radical (unpaired) electrons. The molecular weight excluding hydrogens is 400 g/mol. The van der Waals surface area contributed by atoms with E-state index in [1.807, 2.05) is 29.8 Å². The summed E-state index contributed by atoms with van der Waals surface area (Å²) >= 11 is 6.47. The molecular formula is C23H27ClN4O2. The van der Waals surface area contributed by atoms with Gasteiger partial charge < -0.3 is 9.30 Å². The number of carbonyl (C=O) groups is 1. The molecule has 0 aromatic carbocycles. The average Bonchev–Trinajstić information content (AvgIpc) is 3.08. The number of Topliss-reactive ketones (excluding diaryl/α,β-unsaturated/α-hetero) is 1. The molecule has 3 aromatic rings. The van der Waals surface area contributed by atoms with Gasteiger partial charge in [-0.15, -0.1) is 0 Å². The van der Waals surface area contributed by atoms with Gasteiger partial charge in [-0.2, -0.15) is 4.98 Å². The molecule has 158 valence electrons. The summed E-state index contributed by atoms with van der Waals surface area (Å²) in [5.74, 6) is 2.16. The highest BCUT2D eigenvalue weighted by Crippen LogP contribution is 2.35. The van der Waals surface area contributed by atoms with Gasteiger partial charge >= 0.3 is 0 Å². The number of nitrogens with zero attached hydrogens (tertiary/aromatic N) is 4. The van der Waals surface area contributed by atoms with E-state index in [1.165, 1.54) is 12.8 Å². The summed E-state index contributed by atoms with van der Waals surface area (Å²) in [5, 5.41) is 1.25. The minimum atomic E-state index is 0.147. The number of halogens is 1. The van der Waals surface area contributed by atoms with Crippen LogP contribution in [-0.4, -0.2) is 31.4 Å². The lowest BCUT2D eigenvalue weighted by molar-refractivity contribution is -0.117. The summed E-state index contributed by atoms with van der Waals surface area (Å²) in [7, 11) is 0. The van der Waals surface area contributed by atoms with Crippen LogP contribution >= 0.6 is 11.6 Å². The van der Waals surface area contributed by atoms with Gasteiger partial charge in [0.1, 0.15) is 22.9 Å². The second-order valence-corrected chi connectivity index (χ2v) is 8.68. The van der Waals surface area contributed by atoms with E-state index in [1.54, 1.807) is 13.1 Å². The van der Waals surface area contributed by atoms with Crippen molar-refractivity contribution in [3.05, 3.63) is 35.5 Å². The largest absolute Gasteiger partial charge is 0.474 e. The molecule has 3 heterocycles. The number of hydrogen-bond donors (Lipinski definition) is 0. The number of fused-ring (bicyclic) bond motifs is 1. The number of carbonyl (C=O) groups excluding carboxylic acids is 1. The number of rotatable bonds is 6. The SMILES string of the molecule is CC(=O)CCn1cc(-c2cc(OC3CCC(C)CC3)nc(C)n2)c2c(Cl)nccc21. The summed E-state index contributed by atoms with van der Waals surface area (Å²) in [4.78, 5) is 24.9. The van der Waals surface area contributed by atoms with E-state index in [0.717, 1.165) is 40.9 Å². The number of ether oxygens (including phenoxy) is 1. The van der Waals surface area contributed by atoms with Crippen LogP contribution in [-0.2, 0) is 11.3 Å². The molecule has 3 aromatic heterocycles. The van der Waals surface area contributed by atoms with Gasteiger partial charge in [0.25, 0.3) is 0 Å². The van der Waals surface area contributed by atoms with E-state index in [0.29, 0.717) is 29.8 Å². The van der Waals surface area contributed by atoms with Crippen molar-refractivity contribution in [2.75, 3.05) is 0 Å². The third-order valence-electron chi connectivity index (χ3n) is 5.79. The number of pyridine rings is 1. The first-order chi connectivity index (χ1) is 14.4. The van der Waals surface area contributed by atoms with Crippen molar-refractivity contribution < 1.29 is 9.53 Å². The van der Waals surface area contributed by atoms with Crippen LogP contribution in [0.25, 0.3) is 22.2 Å². The zero-order valence-electron chi connectivity index (χ0n) is 17.7. The van der Waals surface area contributed by atoms with Gasteiger partial charge in [-0.1, -0.05) is 18.5 Å². The average molecular weight is 427 g/mol. The molecule has 0 N–H and O–H groups in total. The van der Waals surface area contributed by atoms with E-state index < -0.39 is 0 Å². The minimum Gasteiger partial charge on any atom is -0.474 e. The molecule has 1 fully saturated rings. The summed E-state index contributed by atoms with van der Waals surface area (Å²) in [6.45, 7) is 6.35. The predicted molar refractivity (Wildman–Crippen MR) is 118 cm³/mol. The molecule has 4 rings (SSSR count). The van der Waals surface area contributed by atoms with Crippen LogP contribution in [0.3, 0.4) is 0 Å². The lowest BCUT2D eigenvalue weighted by atomic mass is 9.89. The molecule has 0 spiro atoms. The summed E-state index contributed by atoms with van der Waals surface area (Å²) in [6.07, 6.45) is 8.82. The fraction of sp³-hybridized carbons (Fsp3) is 0.478. The highest BCUT2D eigenvalue weighted by molar-refractivity contribution is 6.35. The van der Waals surface area contributed by atoms with Gasteiger partial charge in [0.2, 0.25) is 5.88 Å². The Morgan fingerprint density at radius 3 is 2.77 bits per heavy atom. The van der Waals surface area contributed by atoms with Gasteiger partial charge in [-0.3, -0.25) is 4.79 Å². The van der Waals surface area contributed by atoms with E-state index in [9.17, 15) is 4.79 Å². The molecule has 1 aliphatic rings. The maximum Gasteiger partial charge on any atom is 0.217 e. The second-order valence-electron chi connectivity index (χ2n) is 8.32. The summed E-state index contributed by atoms with van der Waals surface area (Å²) in [6, 6.07) is 3.80.